The summed E-state index contributed by atoms with van der Waals surface area (Å²) in [4.78, 5) is 21.7. The quantitative estimate of drug-likeness (QED) is 0.316. The van der Waals surface area contributed by atoms with E-state index in [0.717, 1.165) is 43.4 Å². The average Bonchev–Trinajstić information content (AvgIpc) is 2.40. The van der Waals surface area contributed by atoms with E-state index in [1.165, 1.54) is 12.8 Å². The van der Waals surface area contributed by atoms with Gasteiger partial charge in [0.25, 0.3) is 0 Å². The molecule has 1 amide bonds. The van der Waals surface area contributed by atoms with Crippen LogP contribution in [0.25, 0.3) is 0 Å². The predicted molar refractivity (Wildman–Crippen MR) is 87.0 cm³/mol. The third-order valence-corrected chi connectivity index (χ3v) is 3.76. The van der Waals surface area contributed by atoms with E-state index in [1.807, 2.05) is 0 Å². The Balaban J connectivity index is 3.50. The summed E-state index contributed by atoms with van der Waals surface area (Å²) in [5.41, 5.74) is 0.554. The Hall–Kier alpha value is -1.36. The van der Waals surface area contributed by atoms with Crippen molar-refractivity contribution in [3.05, 3.63) is 12.2 Å². The third kappa shape index (κ3) is 12.4. The van der Waals surface area contributed by atoms with Crippen LogP contribution in [0.2, 0.25) is 0 Å². The van der Waals surface area contributed by atoms with Crippen LogP contribution in [-0.2, 0) is 9.59 Å². The molecule has 0 heterocycles. The van der Waals surface area contributed by atoms with Crippen molar-refractivity contribution in [3.8, 4) is 0 Å². The van der Waals surface area contributed by atoms with Gasteiger partial charge in [0.1, 0.15) is 0 Å². The lowest BCUT2D eigenvalue weighted by molar-refractivity contribution is -0.890. The lowest BCUT2D eigenvalue weighted by atomic mass is 10.1. The van der Waals surface area contributed by atoms with Crippen molar-refractivity contribution < 1.29 is 19.2 Å². The molecule has 0 aromatic heterocycles. The summed E-state index contributed by atoms with van der Waals surface area (Å²) >= 11 is 0. The molecule has 0 atom stereocenters. The first-order chi connectivity index (χ1) is 10.2. The molecule has 1 N–H and O–H groups in total. The Morgan fingerprint density at radius 2 is 1.55 bits per heavy atom. The number of hydrogen-bond donors (Lipinski definition) is 1. The highest BCUT2D eigenvalue weighted by Crippen LogP contribution is 2.08. The molecule has 0 aliphatic carbocycles. The van der Waals surface area contributed by atoms with Gasteiger partial charge in [-0.1, -0.05) is 19.4 Å². The van der Waals surface area contributed by atoms with Gasteiger partial charge in [-0.05, 0) is 32.6 Å². The average molecular weight is 312 g/mol. The van der Waals surface area contributed by atoms with Gasteiger partial charge in [0.05, 0.1) is 27.2 Å². The number of nitrogens with one attached hydrogen (secondary N) is 1. The number of quaternary nitrogens is 1. The van der Waals surface area contributed by atoms with E-state index in [9.17, 15) is 14.7 Å². The summed E-state index contributed by atoms with van der Waals surface area (Å²) in [6.07, 6.45) is 6.45. The molecule has 0 aliphatic rings. The summed E-state index contributed by atoms with van der Waals surface area (Å²) in [7, 11) is 4.28. The van der Waals surface area contributed by atoms with Crippen molar-refractivity contribution in [2.75, 3.05) is 33.7 Å². The number of nitrogens with zero attached hydrogens (tertiary/aromatic N) is 1. The lowest BCUT2D eigenvalue weighted by Crippen LogP contribution is -2.41. The van der Waals surface area contributed by atoms with Crippen LogP contribution in [0.4, 0.5) is 0 Å². The molecule has 0 aliphatic heterocycles. The molecule has 0 spiro atoms. The summed E-state index contributed by atoms with van der Waals surface area (Å²) in [6.45, 7) is 7.97. The number of carbonyl (C=O) groups is 2. The zero-order valence-corrected chi connectivity index (χ0v) is 14.5. The highest BCUT2D eigenvalue weighted by molar-refractivity contribution is 5.91. The molecular weight excluding hydrogens is 280 g/mol. The van der Waals surface area contributed by atoms with Gasteiger partial charge in [-0.25, -0.2) is 0 Å². The molecule has 0 saturated carbocycles. The van der Waals surface area contributed by atoms with E-state index in [4.69, 9.17) is 0 Å². The standard InChI is InChI=1S/C17H32N2O3/c1-15(2)17(22)18-12-8-6-5-7-9-13-19(3,4)14-10-11-16(20)21/h1,5-14H2,2-4H3,(H-,18,20,21,22). The predicted octanol–water partition coefficient (Wildman–Crippen LogP) is 1.24. The SMILES string of the molecule is C=C(C)C(=O)NCCCCCCC[N+](C)(C)CCCC(=O)[O-]. The highest BCUT2D eigenvalue weighted by Gasteiger charge is 2.13. The molecule has 0 aromatic rings. The van der Waals surface area contributed by atoms with Gasteiger partial charge in [0.2, 0.25) is 5.91 Å². The first kappa shape index (κ1) is 20.6. The summed E-state index contributed by atoms with van der Waals surface area (Å²) in [6, 6.07) is 0. The largest absolute Gasteiger partial charge is 0.550 e. The Morgan fingerprint density at radius 1 is 1.00 bits per heavy atom. The summed E-state index contributed by atoms with van der Waals surface area (Å²) in [5, 5.41) is 13.2. The second-order valence-corrected chi connectivity index (χ2v) is 6.66. The van der Waals surface area contributed by atoms with Gasteiger partial charge in [-0.2, -0.15) is 0 Å². The molecule has 0 bridgehead atoms. The topological polar surface area (TPSA) is 69.2 Å². The molecule has 0 rings (SSSR count). The van der Waals surface area contributed by atoms with Gasteiger partial charge >= 0.3 is 0 Å². The first-order valence-electron chi connectivity index (χ1n) is 8.20. The molecule has 0 radical (unpaired) electrons. The van der Waals surface area contributed by atoms with Gasteiger partial charge in [-0.15, -0.1) is 0 Å². The van der Waals surface area contributed by atoms with E-state index >= 15 is 0 Å². The summed E-state index contributed by atoms with van der Waals surface area (Å²) in [5.74, 6) is -1.02. The third-order valence-electron chi connectivity index (χ3n) is 3.76. The maximum absolute atomic E-state index is 11.3. The van der Waals surface area contributed by atoms with Crippen LogP contribution in [0.1, 0.15) is 51.9 Å². The van der Waals surface area contributed by atoms with Gasteiger partial charge in [0, 0.05) is 24.5 Å². The van der Waals surface area contributed by atoms with Crippen LogP contribution in [0.5, 0.6) is 0 Å². The van der Waals surface area contributed by atoms with E-state index in [1.54, 1.807) is 6.92 Å². The van der Waals surface area contributed by atoms with Crippen molar-refractivity contribution in [1.82, 2.24) is 5.32 Å². The monoisotopic (exact) mass is 312 g/mol. The fraction of sp³-hybridized carbons (Fsp3) is 0.765. The Labute approximate surface area is 135 Å². The van der Waals surface area contributed by atoms with Crippen LogP contribution >= 0.6 is 0 Å². The van der Waals surface area contributed by atoms with E-state index < -0.39 is 5.97 Å². The minimum atomic E-state index is -0.960. The van der Waals surface area contributed by atoms with Gasteiger partial charge in [0.15, 0.2) is 0 Å². The van der Waals surface area contributed by atoms with Crippen molar-refractivity contribution >= 4 is 11.9 Å². The number of hydrogen-bond acceptors (Lipinski definition) is 3. The molecule has 0 saturated heterocycles. The maximum Gasteiger partial charge on any atom is 0.246 e. The van der Waals surface area contributed by atoms with Gasteiger partial charge in [-0.3, -0.25) is 4.79 Å². The molecule has 5 heteroatoms. The molecule has 0 unspecified atom stereocenters. The molecule has 22 heavy (non-hydrogen) atoms. The van der Waals surface area contributed by atoms with Crippen LogP contribution in [0.15, 0.2) is 12.2 Å². The summed E-state index contributed by atoms with van der Waals surface area (Å²) < 4.78 is 0.863. The second kappa shape index (κ2) is 11.2. The Morgan fingerprint density at radius 3 is 2.14 bits per heavy atom. The molecular formula is C17H32N2O3. The van der Waals surface area contributed by atoms with Crippen LogP contribution in [-0.4, -0.2) is 50.1 Å². The number of carbonyl (C=O) groups excluding carboxylic acids is 2. The fourth-order valence-electron chi connectivity index (χ4n) is 2.31. The molecule has 0 aromatic carbocycles. The number of aliphatic carboxylic acids is 1. The van der Waals surface area contributed by atoms with Crippen molar-refractivity contribution in [1.29, 1.82) is 0 Å². The smallest absolute Gasteiger partial charge is 0.246 e. The fourth-order valence-corrected chi connectivity index (χ4v) is 2.31. The number of unbranched alkanes of at least 4 members (excludes halogenated alkanes) is 4. The second-order valence-electron chi connectivity index (χ2n) is 6.66. The number of amides is 1. The Bertz CT molecular complexity index is 365. The van der Waals surface area contributed by atoms with E-state index in [2.05, 4.69) is 26.0 Å². The first-order valence-corrected chi connectivity index (χ1v) is 8.20. The van der Waals surface area contributed by atoms with Crippen molar-refractivity contribution in [3.63, 3.8) is 0 Å². The van der Waals surface area contributed by atoms with E-state index in [-0.39, 0.29) is 12.3 Å². The molecule has 128 valence electrons. The molecule has 0 fully saturated rings. The zero-order chi connectivity index (χ0) is 17.0. The van der Waals surface area contributed by atoms with Crippen LogP contribution in [0.3, 0.4) is 0 Å². The van der Waals surface area contributed by atoms with Crippen molar-refractivity contribution in [2.24, 2.45) is 0 Å². The minimum absolute atomic E-state index is 0.0596. The maximum atomic E-state index is 11.3. The Kier molecular flexibility index (Phi) is 10.5. The highest BCUT2D eigenvalue weighted by atomic mass is 16.4. The van der Waals surface area contributed by atoms with Crippen LogP contribution in [0, 0.1) is 0 Å². The number of carboxylic acids is 1. The number of rotatable bonds is 13. The van der Waals surface area contributed by atoms with Crippen LogP contribution < -0.4 is 10.4 Å². The van der Waals surface area contributed by atoms with Gasteiger partial charge < -0.3 is 19.7 Å². The lowest BCUT2D eigenvalue weighted by Gasteiger charge is -2.30. The molecule has 5 nitrogen and oxygen atoms in total. The zero-order valence-electron chi connectivity index (χ0n) is 14.5. The minimum Gasteiger partial charge on any atom is -0.550 e. The normalized spacial score (nSPS) is 11.2. The van der Waals surface area contributed by atoms with E-state index in [0.29, 0.717) is 12.0 Å². The number of carboxylic acid groups (broad SMARTS) is 1. The van der Waals surface area contributed by atoms with Crippen molar-refractivity contribution in [2.45, 2.75) is 51.9 Å².